The highest BCUT2D eigenvalue weighted by molar-refractivity contribution is 7.75. The number of nitrogens with one attached hydrogen (secondary N) is 2. The molecule has 0 aliphatic carbocycles. The first-order chi connectivity index (χ1) is 13.2. The number of ether oxygens (including phenoxy) is 1. The van der Waals surface area contributed by atoms with Crippen LogP contribution in [0.2, 0.25) is 0 Å². The Balaban J connectivity index is 1.20. The molecule has 2 bridgehead atoms. The zero-order valence-electron chi connectivity index (χ0n) is 15.2. The molecule has 0 aromatic carbocycles. The number of hydrogen-bond donors (Lipinski definition) is 3. The number of amides is 3. The van der Waals surface area contributed by atoms with Crippen LogP contribution in [-0.4, -0.2) is 97.0 Å². The number of thiol groups is 1. The highest BCUT2D eigenvalue weighted by atomic mass is 32.1. The molecule has 2 unspecified atom stereocenters. The van der Waals surface area contributed by atoms with E-state index in [1.54, 1.807) is 0 Å². The van der Waals surface area contributed by atoms with E-state index in [2.05, 4.69) is 28.6 Å². The van der Waals surface area contributed by atoms with Crippen LogP contribution in [0.4, 0.5) is 4.79 Å². The minimum atomic E-state index is -0.528. The third kappa shape index (κ3) is 4.03. The van der Waals surface area contributed by atoms with Crippen molar-refractivity contribution in [2.75, 3.05) is 46.0 Å². The van der Waals surface area contributed by atoms with Crippen LogP contribution in [0.3, 0.4) is 0 Å². The molecular weight excluding hydrogens is 374 g/mol. The number of fused-ring (bicyclic) bond motifs is 2. The Morgan fingerprint density at radius 2 is 2.11 bits per heavy atom. The van der Waals surface area contributed by atoms with Gasteiger partial charge in [-0.05, 0) is 19.3 Å². The summed E-state index contributed by atoms with van der Waals surface area (Å²) in [5.41, 5.74) is 2.53. The fourth-order valence-corrected chi connectivity index (χ4v) is 4.64. The molecule has 4 fully saturated rings. The Morgan fingerprint density at radius 3 is 2.89 bits per heavy atom. The molecule has 10 nitrogen and oxygen atoms in total. The van der Waals surface area contributed by atoms with Crippen LogP contribution >= 0.6 is 12.9 Å². The number of hydrogen-bond acceptors (Lipinski definition) is 8. The molecule has 27 heavy (non-hydrogen) atoms. The Labute approximate surface area is 164 Å². The number of piperidine rings is 1. The normalized spacial score (nSPS) is 34.3. The van der Waals surface area contributed by atoms with Gasteiger partial charge in [0.25, 0.3) is 5.91 Å². The first kappa shape index (κ1) is 19.2. The van der Waals surface area contributed by atoms with E-state index in [4.69, 9.17) is 13.9 Å². The molecule has 152 valence electrons. The van der Waals surface area contributed by atoms with Gasteiger partial charge in [-0.2, -0.15) is 5.06 Å². The van der Waals surface area contributed by atoms with Crippen molar-refractivity contribution in [3.05, 3.63) is 0 Å². The summed E-state index contributed by atoms with van der Waals surface area (Å²) >= 11 is 3.73. The maximum Gasteiger partial charge on any atom is 0.345 e. The SMILES string of the molecule is O=C(NOC[C@H]1C[C@H](N2CCOCC2)CN1)C1CCC2CN1C(=O)N2OS. The molecule has 2 N–H and O–H groups in total. The van der Waals surface area contributed by atoms with Gasteiger partial charge in [-0.1, -0.05) is 0 Å². The summed E-state index contributed by atoms with van der Waals surface area (Å²) in [7, 11) is 0. The second kappa shape index (κ2) is 8.50. The number of carbonyl (C=O) groups excluding carboxylic acids is 2. The van der Waals surface area contributed by atoms with Crippen molar-refractivity contribution in [3.63, 3.8) is 0 Å². The van der Waals surface area contributed by atoms with Crippen molar-refractivity contribution >= 4 is 24.8 Å². The quantitative estimate of drug-likeness (QED) is 0.303. The van der Waals surface area contributed by atoms with Crippen molar-refractivity contribution in [1.29, 1.82) is 0 Å². The molecule has 0 saturated carbocycles. The largest absolute Gasteiger partial charge is 0.379 e. The van der Waals surface area contributed by atoms with Gasteiger partial charge in [0.2, 0.25) is 0 Å². The fourth-order valence-electron chi connectivity index (χ4n) is 4.44. The van der Waals surface area contributed by atoms with E-state index >= 15 is 0 Å². The van der Waals surface area contributed by atoms with Gasteiger partial charge in [0, 0.05) is 51.2 Å². The maximum absolute atomic E-state index is 12.5. The summed E-state index contributed by atoms with van der Waals surface area (Å²) in [5, 5.41) is 4.68. The third-order valence-corrected chi connectivity index (χ3v) is 6.11. The van der Waals surface area contributed by atoms with Gasteiger partial charge in [0.05, 0.1) is 25.9 Å². The second-order valence-corrected chi connectivity index (χ2v) is 7.67. The highest BCUT2D eigenvalue weighted by Gasteiger charge is 2.48. The molecule has 0 aromatic heterocycles. The minimum absolute atomic E-state index is 0.0419. The van der Waals surface area contributed by atoms with Crippen molar-refractivity contribution in [3.8, 4) is 0 Å². The van der Waals surface area contributed by atoms with Crippen LogP contribution in [0.1, 0.15) is 19.3 Å². The van der Waals surface area contributed by atoms with Gasteiger partial charge in [0.15, 0.2) is 0 Å². The lowest BCUT2D eigenvalue weighted by Gasteiger charge is -2.31. The first-order valence-electron chi connectivity index (χ1n) is 9.55. The zero-order valence-corrected chi connectivity index (χ0v) is 16.1. The Hall–Kier alpha value is -1.11. The Kier molecular flexibility index (Phi) is 6.05. The summed E-state index contributed by atoms with van der Waals surface area (Å²) in [4.78, 5) is 34.1. The second-order valence-electron chi connectivity index (χ2n) is 7.51. The van der Waals surface area contributed by atoms with E-state index in [0.29, 0.717) is 32.0 Å². The van der Waals surface area contributed by atoms with Crippen LogP contribution in [0.5, 0.6) is 0 Å². The Bertz CT molecular complexity index is 563. The molecule has 4 saturated heterocycles. The molecule has 11 heteroatoms. The highest BCUT2D eigenvalue weighted by Crippen LogP contribution is 2.30. The fraction of sp³-hybridized carbons (Fsp3) is 0.875. The molecule has 3 amide bonds. The summed E-state index contributed by atoms with van der Waals surface area (Å²) in [6.07, 6.45) is 2.27. The van der Waals surface area contributed by atoms with Crippen LogP contribution in [0, 0.1) is 0 Å². The summed E-state index contributed by atoms with van der Waals surface area (Å²) in [6, 6.07) is -0.198. The van der Waals surface area contributed by atoms with Crippen molar-refractivity contribution in [2.24, 2.45) is 0 Å². The smallest absolute Gasteiger partial charge is 0.345 e. The molecule has 4 rings (SSSR count). The van der Waals surface area contributed by atoms with E-state index in [1.165, 1.54) is 9.96 Å². The summed E-state index contributed by atoms with van der Waals surface area (Å²) < 4.78 is 10.2. The van der Waals surface area contributed by atoms with Crippen LogP contribution in [0.25, 0.3) is 0 Å². The molecule has 4 aliphatic heterocycles. The lowest BCUT2D eigenvalue weighted by Crippen LogP contribution is -2.50. The lowest BCUT2D eigenvalue weighted by atomic mass is 10.0. The molecule has 0 aromatic rings. The van der Waals surface area contributed by atoms with Crippen LogP contribution < -0.4 is 10.8 Å². The van der Waals surface area contributed by atoms with E-state index in [9.17, 15) is 9.59 Å². The van der Waals surface area contributed by atoms with E-state index in [0.717, 1.165) is 39.3 Å². The van der Waals surface area contributed by atoms with E-state index in [1.807, 2.05) is 0 Å². The van der Waals surface area contributed by atoms with Gasteiger partial charge in [0.1, 0.15) is 6.04 Å². The number of urea groups is 1. The number of nitrogens with zero attached hydrogens (tertiary/aromatic N) is 3. The maximum atomic E-state index is 12.5. The number of hydroxylamine groups is 3. The van der Waals surface area contributed by atoms with Crippen molar-refractivity contribution in [2.45, 2.75) is 43.4 Å². The predicted octanol–water partition coefficient (Wildman–Crippen LogP) is -0.858. The average Bonchev–Trinajstić information content (AvgIpc) is 3.26. The van der Waals surface area contributed by atoms with Gasteiger partial charge in [-0.25, -0.2) is 14.6 Å². The lowest BCUT2D eigenvalue weighted by molar-refractivity contribution is -0.139. The number of morpholine rings is 1. The number of carbonyl (C=O) groups is 2. The predicted molar refractivity (Wildman–Crippen MR) is 97.5 cm³/mol. The van der Waals surface area contributed by atoms with E-state index in [-0.39, 0.29) is 24.0 Å². The van der Waals surface area contributed by atoms with Crippen molar-refractivity contribution in [1.82, 2.24) is 25.7 Å². The third-order valence-electron chi connectivity index (χ3n) is 5.93. The zero-order chi connectivity index (χ0) is 18.8. The Morgan fingerprint density at radius 1 is 1.30 bits per heavy atom. The average molecular weight is 401 g/mol. The molecule has 4 heterocycles. The van der Waals surface area contributed by atoms with Gasteiger partial charge in [-0.3, -0.25) is 14.5 Å². The van der Waals surface area contributed by atoms with Crippen LogP contribution in [-0.2, 0) is 18.7 Å². The summed E-state index contributed by atoms with van der Waals surface area (Å²) in [5.74, 6) is -0.287. The first-order valence-corrected chi connectivity index (χ1v) is 9.92. The molecule has 0 radical (unpaired) electrons. The van der Waals surface area contributed by atoms with E-state index < -0.39 is 6.04 Å². The minimum Gasteiger partial charge on any atom is -0.379 e. The topological polar surface area (TPSA) is 95.6 Å². The number of rotatable bonds is 6. The van der Waals surface area contributed by atoms with Crippen LogP contribution in [0.15, 0.2) is 0 Å². The molecule has 0 spiro atoms. The van der Waals surface area contributed by atoms with Crippen molar-refractivity contribution < 1.29 is 23.4 Å². The summed E-state index contributed by atoms with van der Waals surface area (Å²) in [6.45, 7) is 5.33. The monoisotopic (exact) mass is 401 g/mol. The van der Waals surface area contributed by atoms with Gasteiger partial charge in [-0.15, -0.1) is 0 Å². The van der Waals surface area contributed by atoms with Gasteiger partial charge < -0.3 is 15.0 Å². The molecular formula is C16H27N5O5S. The van der Waals surface area contributed by atoms with Gasteiger partial charge >= 0.3 is 6.03 Å². The molecule has 4 atom stereocenters. The molecule has 4 aliphatic rings. The standard InChI is InChI=1S/C16H27N5O5S/c22-15(14-2-1-12-9-20(14)16(23)21(12)26-27)18-25-10-11-7-13(8-17-11)19-3-5-24-6-4-19/h11-14,17,27H,1-10H2,(H,18,22)/t11-,12?,13+,14?/m1/s1.